The smallest absolute Gasteiger partial charge is 0.457 e. The minimum Gasteiger partial charge on any atom is -0.512 e. The monoisotopic (exact) mass is 350 g/mol. The van der Waals surface area contributed by atoms with Gasteiger partial charge in [-0.15, -0.1) is 0 Å². The predicted molar refractivity (Wildman–Crippen MR) is 89.0 cm³/mol. The lowest BCUT2D eigenvalue weighted by molar-refractivity contribution is 0.387. The minimum atomic E-state index is -2.28. The molecular weight excluding hydrogens is 332 g/mol. The van der Waals surface area contributed by atoms with Crippen LogP contribution in [0.4, 0.5) is 0 Å². The van der Waals surface area contributed by atoms with E-state index in [1.165, 1.54) is 0 Å². The molecule has 4 heteroatoms. The number of rotatable bonds is 7. The summed E-state index contributed by atoms with van der Waals surface area (Å²) in [5.41, 5.74) is 0. The zero-order chi connectivity index (χ0) is 14.3. The first-order chi connectivity index (χ1) is 9.72. The highest BCUT2D eigenvalue weighted by Gasteiger charge is 2.35. The summed E-state index contributed by atoms with van der Waals surface area (Å²) in [6, 6.07) is 20.8. The van der Waals surface area contributed by atoms with Gasteiger partial charge >= 0.3 is 8.56 Å². The average molecular weight is 351 g/mol. The molecule has 2 aromatic rings. The molecule has 0 atom stereocenters. The molecule has 0 N–H and O–H groups in total. The fourth-order valence-electron chi connectivity index (χ4n) is 1.99. The van der Waals surface area contributed by atoms with E-state index in [1.54, 1.807) is 0 Å². The van der Waals surface area contributed by atoms with Gasteiger partial charge in [-0.1, -0.05) is 52.3 Å². The molecule has 0 aromatic heterocycles. The van der Waals surface area contributed by atoms with Crippen LogP contribution < -0.4 is 8.85 Å². The van der Waals surface area contributed by atoms with Gasteiger partial charge in [-0.25, -0.2) is 0 Å². The molecule has 0 saturated heterocycles. The second kappa shape index (κ2) is 7.50. The summed E-state index contributed by atoms with van der Waals surface area (Å²) < 4.78 is 12.4. The van der Waals surface area contributed by atoms with Gasteiger partial charge in [0.2, 0.25) is 0 Å². The maximum absolute atomic E-state index is 6.20. The van der Waals surface area contributed by atoms with Crippen LogP contribution in [0.5, 0.6) is 11.5 Å². The van der Waals surface area contributed by atoms with Crippen molar-refractivity contribution in [3.63, 3.8) is 0 Å². The lowest BCUT2D eigenvalue weighted by atomic mass is 10.3. The van der Waals surface area contributed by atoms with Gasteiger partial charge in [0.05, 0.1) is 0 Å². The molecule has 0 aliphatic heterocycles. The van der Waals surface area contributed by atoms with Gasteiger partial charge in [0.25, 0.3) is 0 Å². The highest BCUT2D eigenvalue weighted by atomic mass is 79.9. The minimum absolute atomic E-state index is 0.882. The fraction of sp³-hybridized carbons (Fsp3) is 0.250. The second-order valence-electron chi connectivity index (χ2n) is 4.76. The van der Waals surface area contributed by atoms with E-state index >= 15 is 0 Å². The third-order valence-electron chi connectivity index (χ3n) is 2.92. The van der Waals surface area contributed by atoms with Crippen LogP contribution in [-0.2, 0) is 0 Å². The SMILES string of the molecule is C[Si](CCCBr)(Oc1ccccc1)Oc1ccccc1. The Kier molecular flexibility index (Phi) is 5.68. The van der Waals surface area contributed by atoms with Crippen molar-refractivity contribution in [3.8, 4) is 11.5 Å². The van der Waals surface area contributed by atoms with Crippen molar-refractivity contribution in [3.05, 3.63) is 60.7 Å². The molecule has 2 rings (SSSR count). The first kappa shape index (κ1) is 15.1. The first-order valence-electron chi connectivity index (χ1n) is 6.76. The third-order valence-corrected chi connectivity index (χ3v) is 6.08. The molecular formula is C16H19BrO2Si. The van der Waals surface area contributed by atoms with Crippen molar-refractivity contribution in [1.29, 1.82) is 0 Å². The molecule has 0 spiro atoms. The van der Waals surface area contributed by atoms with E-state index in [4.69, 9.17) is 8.85 Å². The second-order valence-corrected chi connectivity index (χ2v) is 8.73. The maximum atomic E-state index is 6.20. The molecule has 0 saturated carbocycles. The Morgan fingerprint density at radius 1 is 0.850 bits per heavy atom. The number of hydrogen-bond acceptors (Lipinski definition) is 2. The van der Waals surface area contributed by atoms with Crippen molar-refractivity contribution in [1.82, 2.24) is 0 Å². The number of alkyl halides is 1. The normalized spacial score (nSPS) is 11.1. The number of hydrogen-bond donors (Lipinski definition) is 0. The zero-order valence-electron chi connectivity index (χ0n) is 11.6. The van der Waals surface area contributed by atoms with Gasteiger partial charge in [0.1, 0.15) is 11.5 Å². The number of para-hydroxylation sites is 2. The summed E-state index contributed by atoms with van der Waals surface area (Å²) >= 11 is 3.48. The van der Waals surface area contributed by atoms with Crippen LogP contribution in [0.15, 0.2) is 60.7 Å². The summed E-state index contributed by atoms with van der Waals surface area (Å²) in [7, 11) is -2.28. The first-order valence-corrected chi connectivity index (χ1v) is 10.4. The Balaban J connectivity index is 2.12. The van der Waals surface area contributed by atoms with Gasteiger partial charge in [-0.05, 0) is 30.7 Å². The van der Waals surface area contributed by atoms with E-state index < -0.39 is 8.56 Å². The number of halogens is 1. The Labute approximate surface area is 130 Å². The van der Waals surface area contributed by atoms with E-state index in [9.17, 15) is 0 Å². The quantitative estimate of drug-likeness (QED) is 0.516. The Morgan fingerprint density at radius 3 is 1.70 bits per heavy atom. The van der Waals surface area contributed by atoms with Crippen molar-refractivity contribution >= 4 is 24.5 Å². The summed E-state index contributed by atoms with van der Waals surface area (Å²) in [5.74, 6) is 1.76. The van der Waals surface area contributed by atoms with Crippen molar-refractivity contribution < 1.29 is 8.85 Å². The highest BCUT2D eigenvalue weighted by molar-refractivity contribution is 9.09. The van der Waals surface area contributed by atoms with Crippen LogP contribution in [0.2, 0.25) is 12.6 Å². The number of benzene rings is 2. The molecule has 20 heavy (non-hydrogen) atoms. The Bertz CT molecular complexity index is 463. The van der Waals surface area contributed by atoms with E-state index in [0.717, 1.165) is 29.3 Å². The van der Waals surface area contributed by atoms with Crippen molar-refractivity contribution in [2.75, 3.05) is 5.33 Å². The molecule has 106 valence electrons. The van der Waals surface area contributed by atoms with Crippen LogP contribution in [0.25, 0.3) is 0 Å². The molecule has 0 amide bonds. The van der Waals surface area contributed by atoms with Crippen LogP contribution in [0.1, 0.15) is 6.42 Å². The molecule has 0 fully saturated rings. The molecule has 0 bridgehead atoms. The molecule has 0 aliphatic rings. The lowest BCUT2D eigenvalue weighted by Crippen LogP contribution is -2.45. The molecule has 0 heterocycles. The molecule has 2 aromatic carbocycles. The van der Waals surface area contributed by atoms with Crippen molar-refractivity contribution in [2.45, 2.75) is 19.0 Å². The van der Waals surface area contributed by atoms with Crippen LogP contribution in [0, 0.1) is 0 Å². The molecule has 0 aliphatic carbocycles. The summed E-state index contributed by atoms with van der Waals surface area (Å²) in [4.78, 5) is 0. The van der Waals surface area contributed by atoms with Gasteiger partial charge in [0.15, 0.2) is 0 Å². The van der Waals surface area contributed by atoms with E-state index in [-0.39, 0.29) is 0 Å². The maximum Gasteiger partial charge on any atom is 0.457 e. The summed E-state index contributed by atoms with van der Waals surface area (Å²) in [6.45, 7) is 2.12. The molecule has 2 nitrogen and oxygen atoms in total. The standard InChI is InChI=1S/C16H19BrO2Si/c1-20(14-8-13-17,18-15-9-4-2-5-10-15)19-16-11-6-3-7-12-16/h2-7,9-12H,8,13-14H2,1H3. The molecule has 0 unspecified atom stereocenters. The summed E-state index contributed by atoms with van der Waals surface area (Å²) in [5, 5.41) is 0.964. The van der Waals surface area contributed by atoms with E-state index in [0.29, 0.717) is 0 Å². The zero-order valence-corrected chi connectivity index (χ0v) is 14.2. The van der Waals surface area contributed by atoms with E-state index in [1.807, 2.05) is 60.7 Å². The summed E-state index contributed by atoms with van der Waals surface area (Å²) in [6.07, 6.45) is 1.04. The van der Waals surface area contributed by atoms with Crippen LogP contribution in [-0.4, -0.2) is 13.9 Å². The van der Waals surface area contributed by atoms with E-state index in [2.05, 4.69) is 22.5 Å². The van der Waals surface area contributed by atoms with Crippen LogP contribution >= 0.6 is 15.9 Å². The van der Waals surface area contributed by atoms with Gasteiger partial charge in [0, 0.05) is 17.9 Å². The lowest BCUT2D eigenvalue weighted by Gasteiger charge is -2.28. The molecule has 0 radical (unpaired) electrons. The fourth-order valence-corrected chi connectivity index (χ4v) is 5.12. The third kappa shape index (κ3) is 4.69. The van der Waals surface area contributed by atoms with Gasteiger partial charge in [-0.3, -0.25) is 0 Å². The Hall–Kier alpha value is -1.26. The van der Waals surface area contributed by atoms with Gasteiger partial charge in [-0.2, -0.15) is 0 Å². The largest absolute Gasteiger partial charge is 0.512 e. The van der Waals surface area contributed by atoms with Gasteiger partial charge < -0.3 is 8.85 Å². The Morgan fingerprint density at radius 2 is 1.30 bits per heavy atom. The van der Waals surface area contributed by atoms with Crippen molar-refractivity contribution in [2.24, 2.45) is 0 Å². The van der Waals surface area contributed by atoms with Crippen LogP contribution in [0.3, 0.4) is 0 Å². The average Bonchev–Trinajstić information content (AvgIpc) is 2.47. The highest BCUT2D eigenvalue weighted by Crippen LogP contribution is 2.24. The topological polar surface area (TPSA) is 18.5 Å². The predicted octanol–water partition coefficient (Wildman–Crippen LogP) is 5.00.